The molecule has 0 bridgehead atoms. The van der Waals surface area contributed by atoms with E-state index in [1.54, 1.807) is 0 Å². The van der Waals surface area contributed by atoms with E-state index in [2.05, 4.69) is 11.8 Å². The van der Waals surface area contributed by atoms with Gasteiger partial charge < -0.3 is 10.2 Å². The van der Waals surface area contributed by atoms with Gasteiger partial charge in [-0.3, -0.25) is 0 Å². The minimum absolute atomic E-state index is 0.0102. The van der Waals surface area contributed by atoms with Crippen LogP contribution < -0.4 is 0 Å². The highest BCUT2D eigenvalue weighted by Crippen LogP contribution is 2.30. The predicted molar refractivity (Wildman–Crippen MR) is 57.0 cm³/mol. The molecule has 0 amide bonds. The molecule has 6 heteroatoms. The molecule has 0 heterocycles. The molecule has 0 aliphatic carbocycles. The summed E-state index contributed by atoms with van der Waals surface area (Å²) >= 11 is 0. The van der Waals surface area contributed by atoms with Crippen LogP contribution in [0.1, 0.15) is 27.9 Å². The van der Waals surface area contributed by atoms with Crippen molar-refractivity contribution >= 4 is 5.97 Å². The molecule has 96 valence electrons. The molecule has 0 radical (unpaired) electrons. The number of hydrogen-bond donors (Lipinski definition) is 2. The number of aliphatic hydroxyl groups is 1. The van der Waals surface area contributed by atoms with Gasteiger partial charge in [-0.25, -0.2) is 4.79 Å². The molecule has 0 spiro atoms. The summed E-state index contributed by atoms with van der Waals surface area (Å²) in [6.07, 6.45) is -4.47. The molecule has 0 atom stereocenters. The van der Waals surface area contributed by atoms with Gasteiger partial charge >= 0.3 is 12.1 Å². The maximum Gasteiger partial charge on any atom is 0.416 e. The summed E-state index contributed by atoms with van der Waals surface area (Å²) in [6, 6.07) is 2.33. The summed E-state index contributed by atoms with van der Waals surface area (Å²) in [6.45, 7) is -0.198. The van der Waals surface area contributed by atoms with Crippen LogP contribution in [-0.2, 0) is 6.18 Å². The molecule has 0 saturated heterocycles. The molecule has 0 aliphatic heterocycles. The van der Waals surface area contributed by atoms with Gasteiger partial charge in [0.2, 0.25) is 0 Å². The Morgan fingerprint density at radius 2 is 2.00 bits per heavy atom. The van der Waals surface area contributed by atoms with Gasteiger partial charge in [0.05, 0.1) is 17.7 Å². The summed E-state index contributed by atoms with van der Waals surface area (Å²) in [5, 5.41) is 17.3. The summed E-state index contributed by atoms with van der Waals surface area (Å²) in [5.74, 6) is 3.40. The first-order valence-electron chi connectivity index (χ1n) is 4.90. The Morgan fingerprint density at radius 3 is 2.50 bits per heavy atom. The normalized spacial score (nSPS) is 10.7. The minimum Gasteiger partial charge on any atom is -0.478 e. The zero-order valence-electron chi connectivity index (χ0n) is 9.08. The molecular formula is C12H9F3O3. The second kappa shape index (κ2) is 5.56. The zero-order valence-corrected chi connectivity index (χ0v) is 9.08. The van der Waals surface area contributed by atoms with Crippen molar-refractivity contribution in [3.8, 4) is 11.8 Å². The molecule has 0 unspecified atom stereocenters. The molecule has 0 aliphatic rings. The van der Waals surface area contributed by atoms with Crippen LogP contribution in [0.2, 0.25) is 0 Å². The predicted octanol–water partition coefficient (Wildman–Crippen LogP) is 2.14. The van der Waals surface area contributed by atoms with E-state index < -0.39 is 23.3 Å². The number of carbonyl (C=O) groups is 1. The smallest absolute Gasteiger partial charge is 0.416 e. The topological polar surface area (TPSA) is 57.5 Å². The van der Waals surface area contributed by atoms with Gasteiger partial charge in [0.15, 0.2) is 0 Å². The van der Waals surface area contributed by atoms with Crippen molar-refractivity contribution in [1.82, 2.24) is 0 Å². The molecule has 0 aromatic heterocycles. The number of aliphatic hydroxyl groups excluding tert-OH is 1. The monoisotopic (exact) mass is 258 g/mol. The largest absolute Gasteiger partial charge is 0.478 e. The second-order valence-corrected chi connectivity index (χ2v) is 3.34. The molecule has 0 saturated carbocycles. The van der Waals surface area contributed by atoms with Crippen LogP contribution in [0.4, 0.5) is 13.2 Å². The first-order chi connectivity index (χ1) is 8.36. The average molecular weight is 258 g/mol. The maximum absolute atomic E-state index is 12.4. The maximum atomic E-state index is 12.4. The van der Waals surface area contributed by atoms with Gasteiger partial charge in [0.25, 0.3) is 0 Å². The Hall–Kier alpha value is -2.00. The Kier molecular flexibility index (Phi) is 4.34. The highest BCUT2D eigenvalue weighted by Gasteiger charge is 2.31. The van der Waals surface area contributed by atoms with E-state index in [0.29, 0.717) is 6.07 Å². The van der Waals surface area contributed by atoms with Crippen molar-refractivity contribution in [3.63, 3.8) is 0 Å². The molecule has 18 heavy (non-hydrogen) atoms. The van der Waals surface area contributed by atoms with Crippen LogP contribution in [0.5, 0.6) is 0 Å². The zero-order chi connectivity index (χ0) is 13.8. The standard InChI is InChI=1S/C12H9F3O3/c13-12(14,15)9-5-4-8(3-1-2-6-16)10(7-9)11(17)18/h4-5,7,16H,2,6H2,(H,17,18). The number of alkyl halides is 3. The van der Waals surface area contributed by atoms with Crippen LogP contribution in [0.3, 0.4) is 0 Å². The number of carboxylic acid groups (broad SMARTS) is 1. The molecule has 3 nitrogen and oxygen atoms in total. The summed E-state index contributed by atoms with van der Waals surface area (Å²) in [5.41, 5.74) is -1.55. The lowest BCUT2D eigenvalue weighted by Crippen LogP contribution is -2.08. The van der Waals surface area contributed by atoms with E-state index in [9.17, 15) is 18.0 Å². The van der Waals surface area contributed by atoms with Gasteiger partial charge in [-0.15, -0.1) is 0 Å². The highest BCUT2D eigenvalue weighted by molar-refractivity contribution is 5.91. The lowest BCUT2D eigenvalue weighted by Gasteiger charge is -2.08. The Balaban J connectivity index is 3.23. The van der Waals surface area contributed by atoms with Crippen molar-refractivity contribution in [2.24, 2.45) is 0 Å². The van der Waals surface area contributed by atoms with Gasteiger partial charge in [-0.2, -0.15) is 13.2 Å². The fourth-order valence-corrected chi connectivity index (χ4v) is 1.22. The number of hydrogen-bond acceptors (Lipinski definition) is 2. The third kappa shape index (κ3) is 3.50. The van der Waals surface area contributed by atoms with Crippen LogP contribution >= 0.6 is 0 Å². The van der Waals surface area contributed by atoms with Gasteiger partial charge in [0.1, 0.15) is 0 Å². The van der Waals surface area contributed by atoms with Crippen LogP contribution in [0.15, 0.2) is 18.2 Å². The second-order valence-electron chi connectivity index (χ2n) is 3.34. The van der Waals surface area contributed by atoms with Gasteiger partial charge in [-0.05, 0) is 18.2 Å². The Bertz CT molecular complexity index is 510. The first kappa shape index (κ1) is 14.1. The quantitative estimate of drug-likeness (QED) is 0.799. The van der Waals surface area contributed by atoms with E-state index in [4.69, 9.17) is 10.2 Å². The van der Waals surface area contributed by atoms with Crippen molar-refractivity contribution in [1.29, 1.82) is 0 Å². The molecule has 1 aromatic rings. The first-order valence-corrected chi connectivity index (χ1v) is 4.90. The van der Waals surface area contributed by atoms with E-state index in [1.807, 2.05) is 0 Å². The highest BCUT2D eigenvalue weighted by atomic mass is 19.4. The fourth-order valence-electron chi connectivity index (χ4n) is 1.22. The minimum atomic E-state index is -4.60. The third-order valence-electron chi connectivity index (χ3n) is 2.04. The fraction of sp³-hybridized carbons (Fsp3) is 0.250. The molecule has 1 rings (SSSR count). The van der Waals surface area contributed by atoms with Crippen molar-refractivity contribution in [3.05, 3.63) is 34.9 Å². The summed E-state index contributed by atoms with van der Waals surface area (Å²) < 4.78 is 37.2. The van der Waals surface area contributed by atoms with E-state index in [0.717, 1.165) is 12.1 Å². The number of carboxylic acids is 1. The van der Waals surface area contributed by atoms with Crippen LogP contribution in [0.25, 0.3) is 0 Å². The Labute approximate surface area is 101 Å². The van der Waals surface area contributed by atoms with Crippen LogP contribution in [0, 0.1) is 11.8 Å². The molecule has 0 fully saturated rings. The van der Waals surface area contributed by atoms with Gasteiger partial charge in [-0.1, -0.05) is 11.8 Å². The van der Waals surface area contributed by atoms with Gasteiger partial charge in [0, 0.05) is 12.0 Å². The summed E-state index contributed by atoms with van der Waals surface area (Å²) in [4.78, 5) is 10.8. The van der Waals surface area contributed by atoms with Crippen molar-refractivity contribution in [2.45, 2.75) is 12.6 Å². The average Bonchev–Trinajstić information content (AvgIpc) is 2.28. The SMILES string of the molecule is O=C(O)c1cc(C(F)(F)F)ccc1C#CCCO. The lowest BCUT2D eigenvalue weighted by molar-refractivity contribution is -0.137. The Morgan fingerprint density at radius 1 is 1.33 bits per heavy atom. The summed E-state index contributed by atoms with van der Waals surface area (Å²) in [7, 11) is 0. The van der Waals surface area contributed by atoms with E-state index in [1.165, 1.54) is 0 Å². The van der Waals surface area contributed by atoms with E-state index >= 15 is 0 Å². The van der Waals surface area contributed by atoms with E-state index in [-0.39, 0.29) is 18.6 Å². The number of halogens is 3. The third-order valence-corrected chi connectivity index (χ3v) is 2.04. The van der Waals surface area contributed by atoms with Crippen LogP contribution in [-0.4, -0.2) is 22.8 Å². The number of aromatic carboxylic acids is 1. The number of rotatable bonds is 2. The van der Waals surface area contributed by atoms with Crippen molar-refractivity contribution < 1.29 is 28.2 Å². The lowest BCUT2D eigenvalue weighted by atomic mass is 10.0. The molecule has 1 aromatic carbocycles. The van der Waals surface area contributed by atoms with Crippen molar-refractivity contribution in [2.75, 3.05) is 6.61 Å². The molecular weight excluding hydrogens is 249 g/mol. The number of benzene rings is 1. The molecule has 2 N–H and O–H groups in total.